The molecule has 0 aliphatic carbocycles. The van der Waals surface area contributed by atoms with Gasteiger partial charge in [-0.3, -0.25) is 14.6 Å². The fraction of sp³-hybridized carbons (Fsp3) is 0.550. The number of nitrogens with zero attached hydrogens (tertiary/aromatic N) is 4. The van der Waals surface area contributed by atoms with Crippen molar-refractivity contribution >= 4 is 47.4 Å². The van der Waals surface area contributed by atoms with Crippen molar-refractivity contribution in [2.45, 2.75) is 20.3 Å². The third-order valence-electron chi connectivity index (χ3n) is 4.97. The first kappa shape index (κ1) is 23.2. The molecule has 2 aliphatic rings. The van der Waals surface area contributed by atoms with Gasteiger partial charge in [0.25, 0.3) is 5.91 Å². The van der Waals surface area contributed by atoms with Gasteiger partial charge in [0.2, 0.25) is 5.91 Å². The lowest BCUT2D eigenvalue weighted by Crippen LogP contribution is -2.53. The quantitative estimate of drug-likeness (QED) is 0.279. The molecule has 1 N–H and O–H groups in total. The molecule has 0 spiro atoms. The number of carbonyl (C=O) groups excluding carboxylic acids is 2. The SMILES string of the molecule is CCNC(=NCCCN1C(=O)COc2ccccc21)N1CCN(C(C)=O)CC1.I. The summed E-state index contributed by atoms with van der Waals surface area (Å²) in [5.74, 6) is 1.73. The molecule has 2 heterocycles. The second kappa shape index (κ2) is 11.2. The zero-order valence-corrected chi connectivity index (χ0v) is 19.4. The van der Waals surface area contributed by atoms with Gasteiger partial charge in [0.15, 0.2) is 12.6 Å². The van der Waals surface area contributed by atoms with Crippen LogP contribution in [0.25, 0.3) is 0 Å². The number of anilines is 1. The van der Waals surface area contributed by atoms with E-state index in [0.717, 1.165) is 56.5 Å². The van der Waals surface area contributed by atoms with Crippen molar-refractivity contribution in [1.82, 2.24) is 15.1 Å². The van der Waals surface area contributed by atoms with Gasteiger partial charge in [0.1, 0.15) is 5.75 Å². The van der Waals surface area contributed by atoms with Crippen LogP contribution in [0.5, 0.6) is 5.75 Å². The maximum atomic E-state index is 12.2. The number of aliphatic imine (C=N–C) groups is 1. The molecule has 160 valence electrons. The highest BCUT2D eigenvalue weighted by Crippen LogP contribution is 2.31. The first-order valence-electron chi connectivity index (χ1n) is 9.91. The smallest absolute Gasteiger partial charge is 0.265 e. The average Bonchev–Trinajstić information content (AvgIpc) is 2.71. The maximum absolute atomic E-state index is 12.2. The minimum atomic E-state index is -0.0186. The Hall–Kier alpha value is -2.04. The number of nitrogens with one attached hydrogen (secondary N) is 1. The average molecular weight is 515 g/mol. The molecule has 1 saturated heterocycles. The van der Waals surface area contributed by atoms with Crippen LogP contribution in [0.2, 0.25) is 0 Å². The number of guanidine groups is 1. The molecule has 2 aliphatic heterocycles. The van der Waals surface area contributed by atoms with E-state index in [0.29, 0.717) is 13.1 Å². The summed E-state index contributed by atoms with van der Waals surface area (Å²) in [5.41, 5.74) is 0.829. The van der Waals surface area contributed by atoms with Crippen LogP contribution in [-0.4, -0.2) is 80.0 Å². The van der Waals surface area contributed by atoms with Crippen molar-refractivity contribution in [1.29, 1.82) is 0 Å². The van der Waals surface area contributed by atoms with E-state index in [1.165, 1.54) is 0 Å². The minimum absolute atomic E-state index is 0. The lowest BCUT2D eigenvalue weighted by molar-refractivity contribution is -0.130. The fourth-order valence-electron chi connectivity index (χ4n) is 3.47. The summed E-state index contributed by atoms with van der Waals surface area (Å²) in [7, 11) is 0. The van der Waals surface area contributed by atoms with E-state index in [-0.39, 0.29) is 42.4 Å². The Kier molecular flexibility index (Phi) is 8.99. The van der Waals surface area contributed by atoms with Gasteiger partial charge in [-0.1, -0.05) is 12.1 Å². The number of para-hydroxylation sites is 2. The molecular weight excluding hydrogens is 485 g/mol. The molecule has 9 heteroatoms. The number of hydrogen-bond donors (Lipinski definition) is 1. The number of rotatable bonds is 5. The van der Waals surface area contributed by atoms with E-state index in [2.05, 4.69) is 10.2 Å². The third-order valence-corrected chi connectivity index (χ3v) is 4.97. The van der Waals surface area contributed by atoms with E-state index in [1.54, 1.807) is 11.8 Å². The Morgan fingerprint density at radius 1 is 1.17 bits per heavy atom. The molecule has 1 aromatic carbocycles. The minimum Gasteiger partial charge on any atom is -0.482 e. The molecule has 0 radical (unpaired) electrons. The molecular formula is C20H30IN5O3. The number of ether oxygens (including phenoxy) is 1. The third kappa shape index (κ3) is 5.97. The van der Waals surface area contributed by atoms with Gasteiger partial charge in [-0.25, -0.2) is 0 Å². The molecule has 2 amide bonds. The van der Waals surface area contributed by atoms with Crippen LogP contribution in [0, 0.1) is 0 Å². The molecule has 8 nitrogen and oxygen atoms in total. The number of hydrogen-bond acceptors (Lipinski definition) is 4. The van der Waals surface area contributed by atoms with Crippen molar-refractivity contribution in [3.63, 3.8) is 0 Å². The number of benzene rings is 1. The summed E-state index contributed by atoms with van der Waals surface area (Å²) in [6.07, 6.45) is 0.766. The number of fused-ring (bicyclic) bond motifs is 1. The van der Waals surface area contributed by atoms with Crippen LogP contribution in [-0.2, 0) is 9.59 Å². The molecule has 0 atom stereocenters. The van der Waals surface area contributed by atoms with Crippen LogP contribution in [0.1, 0.15) is 20.3 Å². The first-order valence-corrected chi connectivity index (χ1v) is 9.91. The fourth-order valence-corrected chi connectivity index (χ4v) is 3.47. The summed E-state index contributed by atoms with van der Waals surface area (Å²) in [5, 5.41) is 3.33. The first-order chi connectivity index (χ1) is 13.6. The molecule has 0 bridgehead atoms. The molecule has 1 aromatic rings. The van der Waals surface area contributed by atoms with E-state index >= 15 is 0 Å². The van der Waals surface area contributed by atoms with Gasteiger partial charge in [-0.15, -0.1) is 24.0 Å². The lowest BCUT2D eigenvalue weighted by atomic mass is 10.2. The summed E-state index contributed by atoms with van der Waals surface area (Å²) < 4.78 is 5.48. The largest absolute Gasteiger partial charge is 0.482 e. The maximum Gasteiger partial charge on any atom is 0.265 e. The van der Waals surface area contributed by atoms with Crippen LogP contribution >= 0.6 is 24.0 Å². The Bertz CT molecular complexity index is 735. The zero-order valence-electron chi connectivity index (χ0n) is 17.1. The van der Waals surface area contributed by atoms with E-state index in [1.807, 2.05) is 36.1 Å². The normalized spacial score (nSPS) is 16.7. The van der Waals surface area contributed by atoms with E-state index in [9.17, 15) is 9.59 Å². The number of halogens is 1. The van der Waals surface area contributed by atoms with Crippen molar-refractivity contribution < 1.29 is 14.3 Å². The number of piperazine rings is 1. The number of amides is 2. The Morgan fingerprint density at radius 2 is 1.86 bits per heavy atom. The highest BCUT2D eigenvalue weighted by atomic mass is 127. The van der Waals surface area contributed by atoms with E-state index in [4.69, 9.17) is 9.73 Å². The second-order valence-electron chi connectivity index (χ2n) is 6.88. The van der Waals surface area contributed by atoms with Crippen molar-refractivity contribution in [2.24, 2.45) is 4.99 Å². The molecule has 0 unspecified atom stereocenters. The van der Waals surface area contributed by atoms with Gasteiger partial charge in [0, 0.05) is 52.7 Å². The Balaban J connectivity index is 0.00000300. The second-order valence-corrected chi connectivity index (χ2v) is 6.88. The van der Waals surface area contributed by atoms with Gasteiger partial charge in [0.05, 0.1) is 5.69 Å². The van der Waals surface area contributed by atoms with E-state index < -0.39 is 0 Å². The van der Waals surface area contributed by atoms with Crippen LogP contribution in [0.3, 0.4) is 0 Å². The van der Waals surface area contributed by atoms with Gasteiger partial charge in [-0.05, 0) is 25.5 Å². The summed E-state index contributed by atoms with van der Waals surface area (Å²) in [4.78, 5) is 34.3. The Morgan fingerprint density at radius 3 is 2.55 bits per heavy atom. The van der Waals surface area contributed by atoms with Crippen LogP contribution < -0.4 is 15.0 Å². The lowest BCUT2D eigenvalue weighted by Gasteiger charge is -2.36. The molecule has 3 rings (SSSR count). The highest BCUT2D eigenvalue weighted by Gasteiger charge is 2.24. The molecule has 0 saturated carbocycles. The molecule has 29 heavy (non-hydrogen) atoms. The zero-order chi connectivity index (χ0) is 19.9. The predicted molar refractivity (Wildman–Crippen MR) is 124 cm³/mol. The Labute approximate surface area is 189 Å². The molecule has 0 aromatic heterocycles. The van der Waals surface area contributed by atoms with Crippen LogP contribution in [0.15, 0.2) is 29.3 Å². The standard InChI is InChI=1S/C20H29N5O3.HI/c1-3-21-20(24-13-11-23(12-14-24)16(2)26)22-9-6-10-25-17-7-4-5-8-18(17)28-15-19(25)27;/h4-5,7-8H,3,6,9-15H2,1-2H3,(H,21,22);1H. The predicted octanol–water partition coefficient (Wildman–Crippen LogP) is 1.55. The van der Waals surface area contributed by atoms with Gasteiger partial charge < -0.3 is 24.8 Å². The van der Waals surface area contributed by atoms with Crippen molar-refractivity contribution in [2.75, 3.05) is 57.3 Å². The van der Waals surface area contributed by atoms with Crippen LogP contribution in [0.4, 0.5) is 5.69 Å². The monoisotopic (exact) mass is 515 g/mol. The topological polar surface area (TPSA) is 77.5 Å². The van der Waals surface area contributed by atoms with Gasteiger partial charge >= 0.3 is 0 Å². The number of carbonyl (C=O) groups is 2. The van der Waals surface area contributed by atoms with Crippen molar-refractivity contribution in [3.8, 4) is 5.75 Å². The summed E-state index contributed by atoms with van der Waals surface area (Å²) in [6.45, 7) is 8.77. The van der Waals surface area contributed by atoms with Crippen molar-refractivity contribution in [3.05, 3.63) is 24.3 Å². The highest BCUT2D eigenvalue weighted by molar-refractivity contribution is 14.0. The summed E-state index contributed by atoms with van der Waals surface area (Å²) >= 11 is 0. The summed E-state index contributed by atoms with van der Waals surface area (Å²) in [6, 6.07) is 7.62. The molecule has 1 fully saturated rings. The van der Waals surface area contributed by atoms with Gasteiger partial charge in [-0.2, -0.15) is 0 Å².